The molecule has 10 nitrogen and oxygen atoms in total. The van der Waals surface area contributed by atoms with E-state index < -0.39 is 54.0 Å². The van der Waals surface area contributed by atoms with Crippen molar-refractivity contribution in [1.29, 1.82) is 0 Å². The highest BCUT2D eigenvalue weighted by atomic mass is 16.6. The van der Waals surface area contributed by atoms with Gasteiger partial charge in [0.1, 0.15) is 23.4 Å². The van der Waals surface area contributed by atoms with E-state index in [1.165, 1.54) is 4.90 Å². The molecule has 2 aromatic carbocycles. The summed E-state index contributed by atoms with van der Waals surface area (Å²) >= 11 is 0. The summed E-state index contributed by atoms with van der Waals surface area (Å²) in [6.45, 7) is 8.70. The number of methoxy groups -OCH3 is 1. The number of hydrogen-bond donors (Lipinski definition) is 3. The average Bonchev–Trinajstić information content (AvgIpc) is 2.85. The van der Waals surface area contributed by atoms with Crippen LogP contribution in [0.2, 0.25) is 0 Å². The Morgan fingerprint density at radius 1 is 1.00 bits per heavy atom. The molecule has 0 bridgehead atoms. The summed E-state index contributed by atoms with van der Waals surface area (Å²) in [7, 11) is 1.54. The van der Waals surface area contributed by atoms with Gasteiger partial charge in [-0.3, -0.25) is 14.4 Å². The fraction of sp³-hybridized carbons (Fsp3) is 0.429. The normalized spacial score (nSPS) is 13.4. The van der Waals surface area contributed by atoms with Gasteiger partial charge in [-0.25, -0.2) is 4.79 Å². The number of alkyl carbamates (subject to hydrolysis) is 1. The van der Waals surface area contributed by atoms with Crippen LogP contribution in [0.5, 0.6) is 5.75 Å². The van der Waals surface area contributed by atoms with E-state index >= 15 is 0 Å². The van der Waals surface area contributed by atoms with E-state index in [1.807, 2.05) is 6.92 Å². The third-order valence-electron chi connectivity index (χ3n) is 5.71. The van der Waals surface area contributed by atoms with Gasteiger partial charge in [0, 0.05) is 11.7 Å². The minimum absolute atomic E-state index is 0.440. The summed E-state index contributed by atoms with van der Waals surface area (Å²) in [4.78, 5) is 53.5. The van der Waals surface area contributed by atoms with Crippen LogP contribution in [0, 0.1) is 0 Å². The first-order valence-corrected chi connectivity index (χ1v) is 12.5. The number of benzene rings is 2. The molecule has 206 valence electrons. The van der Waals surface area contributed by atoms with Crippen molar-refractivity contribution in [2.24, 2.45) is 5.73 Å². The van der Waals surface area contributed by atoms with E-state index in [-0.39, 0.29) is 0 Å². The van der Waals surface area contributed by atoms with Crippen LogP contribution in [0.15, 0.2) is 54.6 Å². The number of anilines is 1. The molecule has 0 aromatic heterocycles. The van der Waals surface area contributed by atoms with Crippen molar-refractivity contribution in [2.45, 2.75) is 71.2 Å². The van der Waals surface area contributed by atoms with Crippen LogP contribution in [0.3, 0.4) is 0 Å². The van der Waals surface area contributed by atoms with Crippen molar-refractivity contribution in [3.8, 4) is 5.75 Å². The van der Waals surface area contributed by atoms with Gasteiger partial charge in [0.2, 0.25) is 11.8 Å². The molecule has 0 aliphatic carbocycles. The molecule has 38 heavy (non-hydrogen) atoms. The Morgan fingerprint density at radius 2 is 1.61 bits per heavy atom. The topological polar surface area (TPSA) is 140 Å². The number of primary amides is 1. The number of ether oxygens (including phenoxy) is 2. The molecule has 2 aromatic rings. The van der Waals surface area contributed by atoms with Gasteiger partial charge >= 0.3 is 6.09 Å². The molecule has 0 heterocycles. The van der Waals surface area contributed by atoms with Crippen molar-refractivity contribution in [1.82, 2.24) is 10.2 Å². The summed E-state index contributed by atoms with van der Waals surface area (Å²) in [6, 6.07) is 12.8. The van der Waals surface area contributed by atoms with E-state index in [2.05, 4.69) is 10.6 Å². The predicted octanol–water partition coefficient (Wildman–Crippen LogP) is 3.77. The third kappa shape index (κ3) is 8.79. The number of carbonyl (C=O) groups is 4. The fourth-order valence-electron chi connectivity index (χ4n) is 3.79. The molecule has 3 unspecified atom stereocenters. The van der Waals surface area contributed by atoms with E-state index in [4.69, 9.17) is 15.2 Å². The summed E-state index contributed by atoms with van der Waals surface area (Å²) in [5.41, 5.74) is 5.66. The largest absolute Gasteiger partial charge is 0.497 e. The molecule has 4 N–H and O–H groups in total. The molecule has 0 spiro atoms. The highest BCUT2D eigenvalue weighted by Gasteiger charge is 2.39. The number of nitrogens with one attached hydrogen (secondary N) is 2. The maximum absolute atomic E-state index is 14.0. The zero-order valence-corrected chi connectivity index (χ0v) is 22.8. The molecule has 0 fully saturated rings. The van der Waals surface area contributed by atoms with E-state index in [9.17, 15) is 19.2 Å². The van der Waals surface area contributed by atoms with Gasteiger partial charge in [-0.05, 0) is 63.9 Å². The van der Waals surface area contributed by atoms with Gasteiger partial charge in [0.15, 0.2) is 0 Å². The highest BCUT2D eigenvalue weighted by Crippen LogP contribution is 2.28. The van der Waals surface area contributed by atoms with E-state index in [0.29, 0.717) is 23.4 Å². The van der Waals surface area contributed by atoms with Gasteiger partial charge < -0.3 is 30.7 Å². The van der Waals surface area contributed by atoms with E-state index in [0.717, 1.165) is 0 Å². The number of carbonyl (C=O) groups excluding carboxylic acids is 4. The van der Waals surface area contributed by atoms with Crippen LogP contribution in [-0.2, 0) is 19.1 Å². The molecule has 0 radical (unpaired) electrons. The molecule has 2 rings (SSSR count). The first kappa shape index (κ1) is 30.1. The first-order chi connectivity index (χ1) is 17.9. The Labute approximate surface area is 223 Å². The third-order valence-corrected chi connectivity index (χ3v) is 5.71. The Balaban J connectivity index is 2.50. The lowest BCUT2D eigenvalue weighted by molar-refractivity contribution is -0.144. The Morgan fingerprint density at radius 3 is 2.11 bits per heavy atom. The zero-order valence-electron chi connectivity index (χ0n) is 22.8. The van der Waals surface area contributed by atoms with Crippen molar-refractivity contribution >= 4 is 29.5 Å². The molecule has 3 atom stereocenters. The van der Waals surface area contributed by atoms with Crippen molar-refractivity contribution in [2.75, 3.05) is 12.4 Å². The number of hydrogen-bond acceptors (Lipinski definition) is 6. The number of amides is 4. The van der Waals surface area contributed by atoms with Crippen molar-refractivity contribution in [3.05, 3.63) is 60.2 Å². The maximum atomic E-state index is 14.0. The summed E-state index contributed by atoms with van der Waals surface area (Å²) in [5.74, 6) is -1.27. The molecule has 0 aliphatic rings. The Bertz CT molecular complexity index is 1100. The van der Waals surface area contributed by atoms with Gasteiger partial charge in [-0.15, -0.1) is 0 Å². The monoisotopic (exact) mass is 526 g/mol. The second kappa shape index (κ2) is 13.5. The molecule has 4 amide bonds. The minimum atomic E-state index is -1.34. The molecule has 10 heteroatoms. The van der Waals surface area contributed by atoms with Crippen LogP contribution < -0.4 is 21.1 Å². The molecular formula is C28H38N4O6. The number of nitrogens with zero attached hydrogens (tertiary/aromatic N) is 1. The van der Waals surface area contributed by atoms with Crippen molar-refractivity contribution < 1.29 is 28.7 Å². The van der Waals surface area contributed by atoms with Gasteiger partial charge in [0.05, 0.1) is 13.5 Å². The maximum Gasteiger partial charge on any atom is 0.408 e. The zero-order chi connectivity index (χ0) is 28.5. The van der Waals surface area contributed by atoms with Gasteiger partial charge in [-0.1, -0.05) is 37.3 Å². The predicted molar refractivity (Wildman–Crippen MR) is 144 cm³/mol. The summed E-state index contributed by atoms with van der Waals surface area (Å²) in [5, 5.41) is 5.34. The minimum Gasteiger partial charge on any atom is -0.497 e. The average molecular weight is 527 g/mol. The Hall–Kier alpha value is -4.08. The number of rotatable bonds is 11. The van der Waals surface area contributed by atoms with Gasteiger partial charge in [0.25, 0.3) is 5.91 Å². The Kier molecular flexibility index (Phi) is 10.7. The summed E-state index contributed by atoms with van der Waals surface area (Å²) < 4.78 is 10.5. The quantitative estimate of drug-likeness (QED) is 0.407. The van der Waals surface area contributed by atoms with Crippen LogP contribution in [-0.4, -0.2) is 53.5 Å². The number of nitrogens with two attached hydrogens (primary N) is 1. The van der Waals surface area contributed by atoms with E-state index in [1.54, 1.807) is 89.4 Å². The standard InChI is InChI=1S/C28H38N4O6/c1-7-18(2)32(26(35)22(17-23(29)33)31-27(36)38-28(3,4)5)24(19-11-9-8-10-12-19)25(34)30-20-13-15-21(37-6)16-14-20/h8-16,18,22,24H,7,17H2,1-6H3,(H2,29,33)(H,30,34)(H,31,36). The van der Waals surface area contributed by atoms with Crippen LogP contribution in [0.25, 0.3) is 0 Å². The van der Waals surface area contributed by atoms with Crippen LogP contribution >= 0.6 is 0 Å². The highest BCUT2D eigenvalue weighted by molar-refractivity contribution is 5.99. The first-order valence-electron chi connectivity index (χ1n) is 12.5. The van der Waals surface area contributed by atoms with Crippen LogP contribution in [0.1, 0.15) is 59.1 Å². The lowest BCUT2D eigenvalue weighted by Crippen LogP contribution is -2.55. The lowest BCUT2D eigenvalue weighted by atomic mass is 9.99. The lowest BCUT2D eigenvalue weighted by Gasteiger charge is -2.38. The van der Waals surface area contributed by atoms with Gasteiger partial charge in [-0.2, -0.15) is 0 Å². The van der Waals surface area contributed by atoms with Crippen molar-refractivity contribution in [3.63, 3.8) is 0 Å². The molecule has 0 aliphatic heterocycles. The molecule has 0 saturated carbocycles. The SMILES string of the molecule is CCC(C)N(C(=O)C(CC(N)=O)NC(=O)OC(C)(C)C)C(C(=O)Nc1ccc(OC)cc1)c1ccccc1. The molecule has 0 saturated heterocycles. The fourth-order valence-corrected chi connectivity index (χ4v) is 3.79. The summed E-state index contributed by atoms with van der Waals surface area (Å²) in [6.07, 6.45) is -0.840. The smallest absolute Gasteiger partial charge is 0.408 e. The second-order valence-corrected chi connectivity index (χ2v) is 9.90. The van der Waals surface area contributed by atoms with Crippen LogP contribution in [0.4, 0.5) is 10.5 Å². The molecular weight excluding hydrogens is 488 g/mol. The second-order valence-electron chi connectivity index (χ2n) is 9.90.